The van der Waals surface area contributed by atoms with E-state index in [1.54, 1.807) is 41.2 Å². The maximum atomic E-state index is 13.5. The minimum absolute atomic E-state index is 0.0529. The van der Waals surface area contributed by atoms with E-state index in [0.29, 0.717) is 35.6 Å². The van der Waals surface area contributed by atoms with E-state index in [2.05, 4.69) is 15.3 Å². The maximum Gasteiger partial charge on any atom is 0.240 e. The van der Waals surface area contributed by atoms with Gasteiger partial charge in [0.1, 0.15) is 16.9 Å². The summed E-state index contributed by atoms with van der Waals surface area (Å²) in [6.45, 7) is 0.844. The minimum Gasteiger partial charge on any atom is -0.326 e. The summed E-state index contributed by atoms with van der Waals surface area (Å²) in [5.74, 6) is -0.0983. The fourth-order valence-electron chi connectivity index (χ4n) is 4.20. The third-order valence-corrected chi connectivity index (χ3v) is 6.82. The number of ketones is 1. The van der Waals surface area contributed by atoms with Gasteiger partial charge in [-0.1, -0.05) is 36.4 Å². The molecule has 172 valence electrons. The number of imidazole rings is 1. The van der Waals surface area contributed by atoms with E-state index in [1.165, 1.54) is 12.4 Å². The van der Waals surface area contributed by atoms with Crippen molar-refractivity contribution in [3.8, 4) is 16.8 Å². The van der Waals surface area contributed by atoms with Gasteiger partial charge in [-0.15, -0.1) is 0 Å². The Balaban J connectivity index is 1.48. The van der Waals surface area contributed by atoms with Crippen molar-refractivity contribution < 1.29 is 13.2 Å². The number of primary sulfonamides is 1. The molecule has 0 saturated heterocycles. The van der Waals surface area contributed by atoms with Gasteiger partial charge in [-0.25, -0.2) is 18.5 Å². The van der Waals surface area contributed by atoms with Crippen LogP contribution in [-0.2, 0) is 23.1 Å². The number of benzene rings is 2. The van der Waals surface area contributed by atoms with Crippen molar-refractivity contribution in [3.63, 3.8) is 0 Å². The lowest BCUT2D eigenvalue weighted by atomic mass is 9.94. The number of pyridine rings is 1. The Morgan fingerprint density at radius 3 is 2.65 bits per heavy atom. The summed E-state index contributed by atoms with van der Waals surface area (Å²) in [6.07, 6.45) is 4.39. The largest absolute Gasteiger partial charge is 0.326 e. The van der Waals surface area contributed by atoms with Gasteiger partial charge in [0, 0.05) is 36.7 Å². The van der Waals surface area contributed by atoms with Crippen LogP contribution in [0.25, 0.3) is 16.8 Å². The molecule has 10 heteroatoms. The standard InChI is InChI=1S/C24H22N6O3S/c25-11-15-2-1-3-18(10-15)30-14-29-20-12-28-22(24(31)23(20)30)17-6-4-16(5-7-17)19-8-9-27-13-21(19)34(26,32)33/h1-10,13-14,22,28H,11-12,25H2,(H2,26,32,33). The van der Waals surface area contributed by atoms with Crippen molar-refractivity contribution in [2.24, 2.45) is 10.9 Å². The summed E-state index contributed by atoms with van der Waals surface area (Å²) in [6, 6.07) is 15.9. The number of nitrogens with one attached hydrogen (secondary N) is 1. The number of hydrogen-bond donors (Lipinski definition) is 3. The molecule has 0 aliphatic carbocycles. The summed E-state index contributed by atoms with van der Waals surface area (Å²) in [7, 11) is -3.93. The molecule has 1 aliphatic rings. The number of carbonyl (C=O) groups excluding carboxylic acids is 1. The van der Waals surface area contributed by atoms with Gasteiger partial charge in [0.2, 0.25) is 15.8 Å². The number of nitrogens with two attached hydrogens (primary N) is 2. The fourth-order valence-corrected chi connectivity index (χ4v) is 4.90. The normalized spacial score (nSPS) is 15.8. The molecule has 5 rings (SSSR count). The van der Waals surface area contributed by atoms with Crippen molar-refractivity contribution in [1.29, 1.82) is 0 Å². The van der Waals surface area contributed by atoms with Gasteiger partial charge in [0.15, 0.2) is 0 Å². The molecular formula is C24H22N6O3S. The van der Waals surface area contributed by atoms with E-state index in [1.807, 2.05) is 24.3 Å². The third kappa shape index (κ3) is 3.93. The van der Waals surface area contributed by atoms with Crippen LogP contribution < -0.4 is 16.2 Å². The van der Waals surface area contributed by atoms with E-state index in [0.717, 1.165) is 16.8 Å². The van der Waals surface area contributed by atoms with Crippen molar-refractivity contribution in [2.45, 2.75) is 24.0 Å². The first-order chi connectivity index (χ1) is 16.4. The number of aromatic nitrogens is 3. The summed E-state index contributed by atoms with van der Waals surface area (Å²) >= 11 is 0. The molecule has 2 aromatic heterocycles. The Morgan fingerprint density at radius 2 is 1.91 bits per heavy atom. The second-order valence-electron chi connectivity index (χ2n) is 8.00. The number of nitrogens with zero attached hydrogens (tertiary/aromatic N) is 3. The first kappa shape index (κ1) is 22.1. The van der Waals surface area contributed by atoms with Gasteiger partial charge in [-0.3, -0.25) is 19.7 Å². The predicted octanol–water partition coefficient (Wildman–Crippen LogP) is 2.07. The van der Waals surface area contributed by atoms with E-state index in [9.17, 15) is 13.2 Å². The lowest BCUT2D eigenvalue weighted by Gasteiger charge is -2.24. The van der Waals surface area contributed by atoms with Crippen LogP contribution in [0.1, 0.15) is 33.4 Å². The van der Waals surface area contributed by atoms with Gasteiger partial charge in [-0.05, 0) is 34.9 Å². The molecule has 1 atom stereocenters. The third-order valence-electron chi connectivity index (χ3n) is 5.88. The molecule has 34 heavy (non-hydrogen) atoms. The van der Waals surface area contributed by atoms with Gasteiger partial charge in [-0.2, -0.15) is 0 Å². The smallest absolute Gasteiger partial charge is 0.240 e. The Labute approximate surface area is 196 Å². The topological polar surface area (TPSA) is 146 Å². The number of rotatable bonds is 5. The van der Waals surface area contributed by atoms with E-state index in [-0.39, 0.29) is 10.7 Å². The number of carbonyl (C=O) groups is 1. The first-order valence-corrected chi connectivity index (χ1v) is 12.1. The second-order valence-corrected chi connectivity index (χ2v) is 9.53. The van der Waals surface area contributed by atoms with Gasteiger partial charge in [0.05, 0.1) is 11.7 Å². The highest BCUT2D eigenvalue weighted by molar-refractivity contribution is 7.89. The molecular weight excluding hydrogens is 452 g/mol. The van der Waals surface area contributed by atoms with Gasteiger partial charge < -0.3 is 5.73 Å². The summed E-state index contributed by atoms with van der Waals surface area (Å²) in [5.41, 5.74) is 10.7. The van der Waals surface area contributed by atoms with Crippen LogP contribution in [-0.4, -0.2) is 28.7 Å². The second kappa shape index (κ2) is 8.58. The number of hydrogen-bond acceptors (Lipinski definition) is 7. The molecule has 2 aromatic carbocycles. The molecule has 5 N–H and O–H groups in total. The van der Waals surface area contributed by atoms with E-state index in [4.69, 9.17) is 10.9 Å². The van der Waals surface area contributed by atoms with E-state index < -0.39 is 16.1 Å². The van der Waals surface area contributed by atoms with Crippen LogP contribution in [0.15, 0.2) is 78.2 Å². The minimum atomic E-state index is -3.93. The van der Waals surface area contributed by atoms with Crippen LogP contribution in [0.3, 0.4) is 0 Å². The Morgan fingerprint density at radius 1 is 1.12 bits per heavy atom. The lowest BCUT2D eigenvalue weighted by Crippen LogP contribution is -2.35. The molecule has 9 nitrogen and oxygen atoms in total. The molecule has 0 amide bonds. The van der Waals surface area contributed by atoms with Crippen molar-refractivity contribution in [3.05, 3.63) is 95.8 Å². The molecule has 0 saturated carbocycles. The summed E-state index contributed by atoms with van der Waals surface area (Å²) in [4.78, 5) is 21.8. The summed E-state index contributed by atoms with van der Waals surface area (Å²) in [5, 5.41) is 8.59. The molecule has 1 unspecified atom stereocenters. The van der Waals surface area contributed by atoms with Gasteiger partial charge in [0.25, 0.3) is 0 Å². The highest BCUT2D eigenvalue weighted by atomic mass is 32.2. The van der Waals surface area contributed by atoms with Crippen LogP contribution >= 0.6 is 0 Å². The maximum absolute atomic E-state index is 13.5. The quantitative estimate of drug-likeness (QED) is 0.401. The van der Waals surface area contributed by atoms with Gasteiger partial charge >= 0.3 is 0 Å². The first-order valence-electron chi connectivity index (χ1n) is 10.6. The fraction of sp³-hybridized carbons (Fsp3) is 0.125. The zero-order valence-corrected chi connectivity index (χ0v) is 18.9. The van der Waals surface area contributed by atoms with Crippen LogP contribution in [0.2, 0.25) is 0 Å². The molecule has 0 bridgehead atoms. The number of Topliss-reactive ketones (excluding diaryl/α,β-unsaturated/α-hetero) is 1. The summed E-state index contributed by atoms with van der Waals surface area (Å²) < 4.78 is 25.7. The molecule has 0 fully saturated rings. The Kier molecular flexibility index (Phi) is 5.58. The Bertz CT molecular complexity index is 1500. The zero-order chi connectivity index (χ0) is 23.9. The highest BCUT2D eigenvalue weighted by Crippen LogP contribution is 2.31. The SMILES string of the molecule is NCc1cccc(-n2cnc3c2C(=O)C(c2ccc(-c4ccncc4S(N)(=O)=O)cc2)NC3)c1. The lowest BCUT2D eigenvalue weighted by molar-refractivity contribution is 0.0922. The number of fused-ring (bicyclic) bond motifs is 1. The predicted molar refractivity (Wildman–Crippen MR) is 126 cm³/mol. The molecule has 0 spiro atoms. The van der Waals surface area contributed by atoms with Crippen LogP contribution in [0.4, 0.5) is 0 Å². The Hall–Kier alpha value is -3.70. The number of sulfonamides is 1. The average Bonchev–Trinajstić information content (AvgIpc) is 3.29. The van der Waals surface area contributed by atoms with Crippen LogP contribution in [0, 0.1) is 0 Å². The average molecular weight is 475 g/mol. The van der Waals surface area contributed by atoms with Crippen molar-refractivity contribution in [1.82, 2.24) is 19.9 Å². The molecule has 3 heterocycles. The molecule has 0 radical (unpaired) electrons. The molecule has 1 aliphatic heterocycles. The van der Waals surface area contributed by atoms with E-state index >= 15 is 0 Å². The van der Waals surface area contributed by atoms with Crippen LogP contribution in [0.5, 0.6) is 0 Å². The zero-order valence-electron chi connectivity index (χ0n) is 18.0. The van der Waals surface area contributed by atoms with Crippen molar-refractivity contribution >= 4 is 15.8 Å². The molecule has 4 aromatic rings. The van der Waals surface area contributed by atoms with Crippen molar-refractivity contribution in [2.75, 3.05) is 0 Å². The highest BCUT2D eigenvalue weighted by Gasteiger charge is 2.32. The monoisotopic (exact) mass is 474 g/mol.